The molecule has 0 radical (unpaired) electrons. The number of carbonyl (C=O) groups excluding carboxylic acids is 2. The van der Waals surface area contributed by atoms with Crippen molar-refractivity contribution in [1.82, 2.24) is 4.98 Å². The van der Waals surface area contributed by atoms with Crippen molar-refractivity contribution in [3.8, 4) is 0 Å². The maximum atomic E-state index is 12.6. The summed E-state index contributed by atoms with van der Waals surface area (Å²) in [5.74, 6) is 0.471. The molecule has 2 N–H and O–H groups in total. The Balaban J connectivity index is 1.82. The predicted octanol–water partition coefficient (Wildman–Crippen LogP) is 3.06. The zero-order valence-corrected chi connectivity index (χ0v) is 14.7. The molecule has 1 aromatic heterocycles. The van der Waals surface area contributed by atoms with Crippen molar-refractivity contribution in [3.05, 3.63) is 47.7 Å². The first-order chi connectivity index (χ1) is 12.0. The number of nitrogens with zero attached hydrogens (tertiary/aromatic N) is 2. The Morgan fingerprint density at radius 2 is 2.04 bits per heavy atom. The minimum atomic E-state index is -0.212. The van der Waals surface area contributed by atoms with E-state index in [1.165, 1.54) is 0 Å². The molecule has 0 fully saturated rings. The molecule has 6 heteroatoms. The number of pyridine rings is 1. The molecular formula is C19H22N4O2. The summed E-state index contributed by atoms with van der Waals surface area (Å²) in [5.41, 5.74) is 3.18. The lowest BCUT2D eigenvalue weighted by Crippen LogP contribution is -2.31. The van der Waals surface area contributed by atoms with Crippen LogP contribution in [-0.4, -0.2) is 29.9 Å². The molecule has 1 aliphatic heterocycles. The number of nitrogens with one attached hydrogen (secondary N) is 2. The topological polar surface area (TPSA) is 74.3 Å². The number of amides is 2. The summed E-state index contributed by atoms with van der Waals surface area (Å²) in [5, 5.41) is 6.11. The number of hydrogen-bond donors (Lipinski definition) is 2. The minimum Gasteiger partial charge on any atom is -0.367 e. The van der Waals surface area contributed by atoms with Gasteiger partial charge in [0.1, 0.15) is 5.82 Å². The second kappa shape index (κ2) is 6.93. The summed E-state index contributed by atoms with van der Waals surface area (Å²) in [6, 6.07) is 9.29. The van der Waals surface area contributed by atoms with Crippen LogP contribution in [0.4, 0.5) is 17.2 Å². The summed E-state index contributed by atoms with van der Waals surface area (Å²) in [6.45, 7) is 4.00. The van der Waals surface area contributed by atoms with Gasteiger partial charge < -0.3 is 15.5 Å². The van der Waals surface area contributed by atoms with Gasteiger partial charge in [0.25, 0.3) is 5.91 Å². The number of aryl methyl sites for hydroxylation is 1. The number of carbonyl (C=O) groups is 2. The van der Waals surface area contributed by atoms with E-state index in [0.717, 1.165) is 11.3 Å². The maximum absolute atomic E-state index is 12.6. The SMILES string of the molecule is CC(C)Nc1ncccc1C(=O)Nc1ccc2c(c1)CCC(=O)N2C. The van der Waals surface area contributed by atoms with Crippen molar-refractivity contribution in [2.45, 2.75) is 32.7 Å². The van der Waals surface area contributed by atoms with E-state index in [0.29, 0.717) is 29.9 Å². The zero-order valence-electron chi connectivity index (χ0n) is 14.7. The molecular weight excluding hydrogens is 316 g/mol. The van der Waals surface area contributed by atoms with Gasteiger partial charge in [0.05, 0.1) is 5.56 Å². The molecule has 3 rings (SSSR count). The van der Waals surface area contributed by atoms with E-state index in [9.17, 15) is 9.59 Å². The van der Waals surface area contributed by atoms with Crippen LogP contribution in [0.15, 0.2) is 36.5 Å². The van der Waals surface area contributed by atoms with Crippen molar-refractivity contribution >= 4 is 29.0 Å². The smallest absolute Gasteiger partial charge is 0.259 e. The van der Waals surface area contributed by atoms with Gasteiger partial charge in [-0.1, -0.05) is 0 Å². The van der Waals surface area contributed by atoms with Crippen LogP contribution in [0.2, 0.25) is 0 Å². The lowest BCUT2D eigenvalue weighted by atomic mass is 10.0. The summed E-state index contributed by atoms with van der Waals surface area (Å²) >= 11 is 0. The van der Waals surface area contributed by atoms with Gasteiger partial charge in [-0.15, -0.1) is 0 Å². The standard InChI is InChI=1S/C19H22N4O2/c1-12(2)21-18-15(5-4-10-20-18)19(25)22-14-7-8-16-13(11-14)6-9-17(24)23(16)3/h4-5,7-8,10-12H,6,9H2,1-3H3,(H,20,21)(H,22,25). The van der Waals surface area contributed by atoms with Crippen LogP contribution in [0.5, 0.6) is 0 Å². The van der Waals surface area contributed by atoms with Crippen molar-refractivity contribution < 1.29 is 9.59 Å². The van der Waals surface area contributed by atoms with Gasteiger partial charge >= 0.3 is 0 Å². The van der Waals surface area contributed by atoms with E-state index in [1.54, 1.807) is 30.3 Å². The summed E-state index contributed by atoms with van der Waals surface area (Å²) < 4.78 is 0. The molecule has 2 heterocycles. The first-order valence-corrected chi connectivity index (χ1v) is 8.38. The Bertz CT molecular complexity index is 817. The average Bonchev–Trinajstić information content (AvgIpc) is 2.58. The summed E-state index contributed by atoms with van der Waals surface area (Å²) in [7, 11) is 1.78. The second-order valence-electron chi connectivity index (χ2n) is 6.45. The quantitative estimate of drug-likeness (QED) is 0.898. The molecule has 0 saturated carbocycles. The third-order valence-electron chi connectivity index (χ3n) is 4.16. The van der Waals surface area contributed by atoms with Gasteiger partial charge in [-0.25, -0.2) is 4.98 Å². The molecule has 2 aromatic rings. The molecule has 0 atom stereocenters. The van der Waals surface area contributed by atoms with Crippen molar-refractivity contribution in [1.29, 1.82) is 0 Å². The van der Waals surface area contributed by atoms with Crippen LogP contribution in [-0.2, 0) is 11.2 Å². The van der Waals surface area contributed by atoms with Crippen LogP contribution < -0.4 is 15.5 Å². The monoisotopic (exact) mass is 338 g/mol. The van der Waals surface area contributed by atoms with Gasteiger partial charge in [0.15, 0.2) is 0 Å². The van der Waals surface area contributed by atoms with Gasteiger partial charge in [0.2, 0.25) is 5.91 Å². The van der Waals surface area contributed by atoms with Crippen molar-refractivity contribution in [3.63, 3.8) is 0 Å². The molecule has 0 aliphatic carbocycles. The molecule has 0 unspecified atom stereocenters. The molecule has 25 heavy (non-hydrogen) atoms. The lowest BCUT2D eigenvalue weighted by Gasteiger charge is -2.26. The van der Waals surface area contributed by atoms with E-state index in [2.05, 4.69) is 15.6 Å². The second-order valence-corrected chi connectivity index (χ2v) is 6.45. The van der Waals surface area contributed by atoms with Gasteiger partial charge in [-0.05, 0) is 56.2 Å². The van der Waals surface area contributed by atoms with E-state index < -0.39 is 0 Å². The largest absolute Gasteiger partial charge is 0.367 e. The summed E-state index contributed by atoms with van der Waals surface area (Å²) in [6.07, 6.45) is 2.84. The molecule has 0 spiro atoms. The third-order valence-corrected chi connectivity index (χ3v) is 4.16. The van der Waals surface area contributed by atoms with Crippen LogP contribution in [0.3, 0.4) is 0 Å². The first kappa shape index (κ1) is 17.0. The van der Waals surface area contributed by atoms with E-state index >= 15 is 0 Å². The minimum absolute atomic E-state index is 0.115. The highest BCUT2D eigenvalue weighted by molar-refractivity contribution is 6.07. The van der Waals surface area contributed by atoms with Crippen LogP contribution >= 0.6 is 0 Å². The normalized spacial score (nSPS) is 13.6. The van der Waals surface area contributed by atoms with Gasteiger partial charge in [-0.3, -0.25) is 9.59 Å². The Labute approximate surface area is 147 Å². The Morgan fingerprint density at radius 1 is 1.24 bits per heavy atom. The first-order valence-electron chi connectivity index (χ1n) is 8.38. The Hall–Kier alpha value is -2.89. The number of anilines is 3. The summed E-state index contributed by atoms with van der Waals surface area (Å²) in [4.78, 5) is 30.3. The van der Waals surface area contributed by atoms with Crippen LogP contribution in [0, 0.1) is 0 Å². The molecule has 130 valence electrons. The highest BCUT2D eigenvalue weighted by Gasteiger charge is 2.21. The Morgan fingerprint density at radius 3 is 2.80 bits per heavy atom. The molecule has 2 amide bonds. The fraction of sp³-hybridized carbons (Fsp3) is 0.316. The van der Waals surface area contributed by atoms with E-state index in [-0.39, 0.29) is 17.9 Å². The third kappa shape index (κ3) is 3.63. The predicted molar refractivity (Wildman–Crippen MR) is 99.1 cm³/mol. The number of benzene rings is 1. The Kier molecular flexibility index (Phi) is 4.70. The molecule has 1 aliphatic rings. The molecule has 1 aromatic carbocycles. The zero-order chi connectivity index (χ0) is 18.0. The highest BCUT2D eigenvalue weighted by Crippen LogP contribution is 2.29. The van der Waals surface area contributed by atoms with Crippen molar-refractivity contribution in [2.75, 3.05) is 22.6 Å². The highest BCUT2D eigenvalue weighted by atomic mass is 16.2. The van der Waals surface area contributed by atoms with Crippen LogP contribution in [0.25, 0.3) is 0 Å². The average molecular weight is 338 g/mol. The van der Waals surface area contributed by atoms with Gasteiger partial charge in [0, 0.05) is 37.1 Å². The number of hydrogen-bond acceptors (Lipinski definition) is 4. The van der Waals surface area contributed by atoms with Gasteiger partial charge in [-0.2, -0.15) is 0 Å². The number of fused-ring (bicyclic) bond motifs is 1. The maximum Gasteiger partial charge on any atom is 0.259 e. The number of aromatic nitrogens is 1. The fourth-order valence-electron chi connectivity index (χ4n) is 2.91. The van der Waals surface area contributed by atoms with E-state index in [1.807, 2.05) is 32.0 Å². The lowest BCUT2D eigenvalue weighted by molar-refractivity contribution is -0.118. The van der Waals surface area contributed by atoms with Crippen molar-refractivity contribution in [2.24, 2.45) is 0 Å². The molecule has 0 saturated heterocycles. The fourth-order valence-corrected chi connectivity index (χ4v) is 2.91. The van der Waals surface area contributed by atoms with E-state index in [4.69, 9.17) is 0 Å². The number of rotatable bonds is 4. The molecule has 0 bridgehead atoms. The van der Waals surface area contributed by atoms with Crippen LogP contribution in [0.1, 0.15) is 36.2 Å². The molecule has 6 nitrogen and oxygen atoms in total.